The molecule has 0 aliphatic heterocycles. The average Bonchev–Trinajstić information content (AvgIpc) is 2.09. The van der Waals surface area contributed by atoms with Crippen LogP contribution < -0.4 is 0 Å². The molecular weight excluding hydrogens is 234 g/mol. The summed E-state index contributed by atoms with van der Waals surface area (Å²) in [4.78, 5) is 2.97. The third kappa shape index (κ3) is 3.20. The predicted octanol–water partition coefficient (Wildman–Crippen LogP) is 3.97. The van der Waals surface area contributed by atoms with Crippen LogP contribution in [0.4, 0.5) is 23.2 Å². The SMILES string of the molecule is Cc1ccc(F)c(N=C(Cl)C(F)(F)F)c1. The van der Waals surface area contributed by atoms with Gasteiger partial charge in [-0.25, -0.2) is 9.38 Å². The maximum absolute atomic E-state index is 13.0. The molecule has 0 unspecified atom stereocenters. The molecule has 0 saturated carbocycles. The largest absolute Gasteiger partial charge is 0.444 e. The predicted molar refractivity (Wildman–Crippen MR) is 50.1 cm³/mol. The Bertz CT molecular complexity index is 398. The lowest BCUT2D eigenvalue weighted by Gasteiger charge is -2.04. The number of alkyl halides is 3. The summed E-state index contributed by atoms with van der Waals surface area (Å²) in [5, 5.41) is -1.59. The van der Waals surface area contributed by atoms with Gasteiger partial charge in [0.15, 0.2) is 0 Å². The van der Waals surface area contributed by atoms with E-state index in [9.17, 15) is 17.6 Å². The Labute approximate surface area is 88.4 Å². The van der Waals surface area contributed by atoms with Gasteiger partial charge in [-0.15, -0.1) is 0 Å². The molecule has 0 aliphatic carbocycles. The molecular formula is C9H6ClF4N. The van der Waals surface area contributed by atoms with Gasteiger partial charge in [-0.05, 0) is 24.6 Å². The van der Waals surface area contributed by atoms with Crippen LogP contribution in [0, 0.1) is 12.7 Å². The van der Waals surface area contributed by atoms with Gasteiger partial charge >= 0.3 is 6.18 Å². The van der Waals surface area contributed by atoms with Gasteiger partial charge in [0.05, 0.1) is 0 Å². The van der Waals surface area contributed by atoms with Crippen LogP contribution in [0.15, 0.2) is 23.2 Å². The van der Waals surface area contributed by atoms with Gasteiger partial charge in [0.1, 0.15) is 11.5 Å². The molecule has 0 radical (unpaired) electrons. The first-order valence-corrected chi connectivity index (χ1v) is 4.26. The Morgan fingerprint density at radius 1 is 1.33 bits per heavy atom. The van der Waals surface area contributed by atoms with Crippen LogP contribution in [0.2, 0.25) is 0 Å². The summed E-state index contributed by atoms with van der Waals surface area (Å²) in [7, 11) is 0. The zero-order valence-corrected chi connectivity index (χ0v) is 8.33. The van der Waals surface area contributed by atoms with E-state index in [1.165, 1.54) is 12.1 Å². The van der Waals surface area contributed by atoms with E-state index < -0.39 is 22.9 Å². The minimum absolute atomic E-state index is 0.419. The van der Waals surface area contributed by atoms with Gasteiger partial charge in [-0.3, -0.25) is 0 Å². The molecule has 1 rings (SSSR count). The third-order valence-corrected chi connectivity index (χ3v) is 1.85. The summed E-state index contributed by atoms with van der Waals surface area (Å²) in [6, 6.07) is 3.65. The lowest BCUT2D eigenvalue weighted by Crippen LogP contribution is -2.16. The van der Waals surface area contributed by atoms with Crippen molar-refractivity contribution in [3.63, 3.8) is 0 Å². The number of hydrogen-bond acceptors (Lipinski definition) is 1. The van der Waals surface area contributed by atoms with E-state index in [4.69, 9.17) is 11.6 Å². The zero-order valence-electron chi connectivity index (χ0n) is 7.57. The van der Waals surface area contributed by atoms with E-state index in [1.54, 1.807) is 6.92 Å². The summed E-state index contributed by atoms with van der Waals surface area (Å²) in [5.41, 5.74) is 0.180. The number of aliphatic imine (C=N–C) groups is 1. The summed E-state index contributed by atoms with van der Waals surface area (Å²) in [5.74, 6) is -0.844. The van der Waals surface area contributed by atoms with Crippen LogP contribution in [-0.2, 0) is 0 Å². The number of nitrogens with zero attached hydrogens (tertiary/aromatic N) is 1. The zero-order chi connectivity index (χ0) is 11.6. The Kier molecular flexibility index (Phi) is 3.34. The normalized spacial score (nSPS) is 13.1. The molecule has 0 heterocycles. The number of aryl methyl sites for hydroxylation is 1. The quantitative estimate of drug-likeness (QED) is 0.519. The van der Waals surface area contributed by atoms with Gasteiger partial charge in [0.2, 0.25) is 5.17 Å². The molecule has 0 bridgehead atoms. The molecule has 1 aromatic rings. The molecule has 0 aromatic heterocycles. The molecule has 0 saturated heterocycles. The molecule has 0 aliphatic rings. The van der Waals surface area contributed by atoms with Crippen LogP contribution in [0.25, 0.3) is 0 Å². The highest BCUT2D eigenvalue weighted by Crippen LogP contribution is 2.26. The average molecular weight is 240 g/mol. The van der Waals surface area contributed by atoms with Crippen LogP contribution in [0.5, 0.6) is 0 Å². The van der Waals surface area contributed by atoms with Crippen LogP contribution in [0.1, 0.15) is 5.56 Å². The highest BCUT2D eigenvalue weighted by atomic mass is 35.5. The topological polar surface area (TPSA) is 12.4 Å². The van der Waals surface area contributed by atoms with E-state index in [2.05, 4.69) is 4.99 Å². The van der Waals surface area contributed by atoms with Crippen molar-refractivity contribution in [3.8, 4) is 0 Å². The summed E-state index contributed by atoms with van der Waals surface area (Å²) >= 11 is 4.87. The fourth-order valence-corrected chi connectivity index (χ4v) is 0.969. The van der Waals surface area contributed by atoms with E-state index in [0.29, 0.717) is 5.56 Å². The minimum Gasteiger partial charge on any atom is -0.229 e. The van der Waals surface area contributed by atoms with Crippen molar-refractivity contribution < 1.29 is 17.6 Å². The monoisotopic (exact) mass is 239 g/mol. The fraction of sp³-hybridized carbons (Fsp3) is 0.222. The van der Waals surface area contributed by atoms with Crippen LogP contribution in [-0.4, -0.2) is 11.3 Å². The maximum Gasteiger partial charge on any atom is 0.444 e. The van der Waals surface area contributed by atoms with Crippen molar-refractivity contribution >= 4 is 22.5 Å². The van der Waals surface area contributed by atoms with Crippen molar-refractivity contribution in [1.82, 2.24) is 0 Å². The van der Waals surface area contributed by atoms with E-state index >= 15 is 0 Å². The molecule has 1 aromatic carbocycles. The van der Waals surface area contributed by atoms with E-state index in [-0.39, 0.29) is 0 Å². The Morgan fingerprint density at radius 2 is 1.93 bits per heavy atom. The fourth-order valence-electron chi connectivity index (χ4n) is 0.878. The molecule has 0 spiro atoms. The second kappa shape index (κ2) is 4.18. The minimum atomic E-state index is -4.75. The van der Waals surface area contributed by atoms with Gasteiger partial charge in [-0.2, -0.15) is 13.2 Å². The van der Waals surface area contributed by atoms with Crippen molar-refractivity contribution in [2.24, 2.45) is 4.99 Å². The van der Waals surface area contributed by atoms with Crippen molar-refractivity contribution in [2.45, 2.75) is 13.1 Å². The summed E-state index contributed by atoms with van der Waals surface area (Å²) < 4.78 is 48.9. The van der Waals surface area contributed by atoms with Gasteiger partial charge < -0.3 is 0 Å². The summed E-state index contributed by atoms with van der Waals surface area (Å²) in [6.45, 7) is 1.61. The van der Waals surface area contributed by atoms with Gasteiger partial charge in [-0.1, -0.05) is 17.7 Å². The van der Waals surface area contributed by atoms with E-state index in [1.807, 2.05) is 0 Å². The first-order chi connectivity index (χ1) is 6.80. The molecule has 0 atom stereocenters. The third-order valence-electron chi connectivity index (χ3n) is 1.55. The lowest BCUT2D eigenvalue weighted by atomic mass is 10.2. The van der Waals surface area contributed by atoms with Crippen molar-refractivity contribution in [2.75, 3.05) is 0 Å². The molecule has 15 heavy (non-hydrogen) atoms. The van der Waals surface area contributed by atoms with Crippen LogP contribution >= 0.6 is 11.6 Å². The first kappa shape index (κ1) is 12.0. The molecule has 82 valence electrons. The Morgan fingerprint density at radius 3 is 2.47 bits per heavy atom. The Hall–Kier alpha value is -1.10. The number of hydrogen-bond donors (Lipinski definition) is 0. The van der Waals surface area contributed by atoms with Gasteiger partial charge in [0, 0.05) is 0 Å². The lowest BCUT2D eigenvalue weighted by molar-refractivity contribution is -0.0558. The van der Waals surface area contributed by atoms with Crippen molar-refractivity contribution in [1.29, 1.82) is 0 Å². The second-order valence-electron chi connectivity index (χ2n) is 2.86. The van der Waals surface area contributed by atoms with Gasteiger partial charge in [0.25, 0.3) is 0 Å². The molecule has 0 N–H and O–H groups in total. The maximum atomic E-state index is 13.0. The Balaban J connectivity index is 3.13. The number of halogens is 5. The first-order valence-electron chi connectivity index (χ1n) is 3.88. The number of rotatable bonds is 1. The number of benzene rings is 1. The molecule has 0 fully saturated rings. The molecule has 0 amide bonds. The molecule has 1 nitrogen and oxygen atoms in total. The second-order valence-corrected chi connectivity index (χ2v) is 3.21. The van der Waals surface area contributed by atoms with Crippen LogP contribution in [0.3, 0.4) is 0 Å². The van der Waals surface area contributed by atoms with Crippen molar-refractivity contribution in [3.05, 3.63) is 29.6 Å². The van der Waals surface area contributed by atoms with E-state index in [0.717, 1.165) is 6.07 Å². The highest BCUT2D eigenvalue weighted by Gasteiger charge is 2.34. The standard InChI is InChI=1S/C9H6ClF4N/c1-5-2-3-6(11)7(4-5)15-8(10)9(12,13)14/h2-4H,1H3. The highest BCUT2D eigenvalue weighted by molar-refractivity contribution is 6.67. The summed E-state index contributed by atoms with van der Waals surface area (Å²) in [6.07, 6.45) is -4.75. The molecule has 6 heteroatoms. The smallest absolute Gasteiger partial charge is 0.229 e.